The van der Waals surface area contributed by atoms with Crippen molar-refractivity contribution in [3.05, 3.63) is 59.8 Å². The number of esters is 1. The van der Waals surface area contributed by atoms with Crippen LogP contribution in [0.1, 0.15) is 6.92 Å². The van der Waals surface area contributed by atoms with Gasteiger partial charge in [0, 0.05) is 18.2 Å². The van der Waals surface area contributed by atoms with Crippen LogP contribution in [-0.4, -0.2) is 44.6 Å². The summed E-state index contributed by atoms with van der Waals surface area (Å²) in [6.45, 7) is 8.37. The van der Waals surface area contributed by atoms with Crippen molar-refractivity contribution in [3.63, 3.8) is 0 Å². The Bertz CT molecular complexity index is 1290. The van der Waals surface area contributed by atoms with Crippen LogP contribution >= 0.6 is 0 Å². The molecule has 11 nitrogen and oxygen atoms in total. The Morgan fingerprint density at radius 2 is 1.84 bits per heavy atom. The number of aromatic amines is 1. The maximum atomic E-state index is 12.8. The van der Waals surface area contributed by atoms with E-state index in [1.807, 2.05) is 0 Å². The van der Waals surface area contributed by atoms with Gasteiger partial charge in [0.2, 0.25) is 5.91 Å². The zero-order chi connectivity index (χ0) is 22.7. The standard InChI is InChI=1S/C20H18N6O5/c1-10(20(30)31-4)22-18(28)11(2)26-9-21-16-15(24-25-17(16)19(26)29)13-5-7-14(8-6-13)23-12(3)27/h5-9H,1-2H2,3-4H3,(H,22,28)(H,23,27)(H,24,25). The van der Waals surface area contributed by atoms with Gasteiger partial charge in [-0.05, 0) is 12.1 Å². The Labute approximate surface area is 175 Å². The Morgan fingerprint density at radius 1 is 1.16 bits per heavy atom. The Morgan fingerprint density at radius 3 is 2.45 bits per heavy atom. The molecule has 11 heteroatoms. The molecule has 3 aromatic rings. The predicted octanol–water partition coefficient (Wildman–Crippen LogP) is 1.02. The Balaban J connectivity index is 1.91. The van der Waals surface area contributed by atoms with Crippen LogP contribution in [0.15, 0.2) is 54.2 Å². The van der Waals surface area contributed by atoms with Gasteiger partial charge in [-0.3, -0.25) is 24.0 Å². The number of amides is 2. The van der Waals surface area contributed by atoms with Gasteiger partial charge in [0.15, 0.2) is 5.52 Å². The summed E-state index contributed by atoms with van der Waals surface area (Å²) in [5.41, 5.74) is 0.857. The lowest BCUT2D eigenvalue weighted by Crippen LogP contribution is -2.32. The number of carbonyl (C=O) groups excluding carboxylic acids is 3. The minimum absolute atomic E-state index is 0.0594. The molecule has 0 aliphatic heterocycles. The molecule has 158 valence electrons. The van der Waals surface area contributed by atoms with Crippen molar-refractivity contribution in [1.82, 2.24) is 25.1 Å². The summed E-state index contributed by atoms with van der Waals surface area (Å²) in [4.78, 5) is 51.8. The zero-order valence-electron chi connectivity index (χ0n) is 16.7. The van der Waals surface area contributed by atoms with E-state index in [4.69, 9.17) is 0 Å². The van der Waals surface area contributed by atoms with E-state index in [0.29, 0.717) is 22.5 Å². The fourth-order valence-electron chi connectivity index (χ4n) is 2.70. The first-order valence-corrected chi connectivity index (χ1v) is 8.84. The summed E-state index contributed by atoms with van der Waals surface area (Å²) in [5.74, 6) is -1.85. The molecule has 0 unspecified atom stereocenters. The van der Waals surface area contributed by atoms with Gasteiger partial charge in [0.25, 0.3) is 11.5 Å². The molecular weight excluding hydrogens is 404 g/mol. The van der Waals surface area contributed by atoms with E-state index in [2.05, 4.69) is 43.7 Å². The molecule has 0 aliphatic rings. The predicted molar refractivity (Wildman–Crippen MR) is 113 cm³/mol. The number of H-pyrrole nitrogens is 1. The van der Waals surface area contributed by atoms with Gasteiger partial charge in [-0.25, -0.2) is 9.78 Å². The molecule has 0 radical (unpaired) electrons. The number of rotatable bonds is 6. The lowest BCUT2D eigenvalue weighted by molar-refractivity contribution is -0.137. The molecular formula is C20H18N6O5. The quantitative estimate of drug-likeness (QED) is 0.397. The fourth-order valence-corrected chi connectivity index (χ4v) is 2.70. The van der Waals surface area contributed by atoms with Crippen molar-refractivity contribution in [2.75, 3.05) is 12.4 Å². The average molecular weight is 422 g/mol. The fraction of sp³-hybridized carbons (Fsp3) is 0.100. The number of fused-ring (bicyclic) bond motifs is 1. The van der Waals surface area contributed by atoms with Crippen LogP contribution in [0, 0.1) is 0 Å². The first kappa shape index (κ1) is 21.2. The van der Waals surface area contributed by atoms with Gasteiger partial charge >= 0.3 is 5.97 Å². The summed E-state index contributed by atoms with van der Waals surface area (Å²) in [6.07, 6.45) is 1.14. The number of ether oxygens (including phenoxy) is 1. The van der Waals surface area contributed by atoms with Gasteiger partial charge in [0.05, 0.1) is 7.11 Å². The van der Waals surface area contributed by atoms with Crippen LogP contribution in [0.25, 0.3) is 28.0 Å². The van der Waals surface area contributed by atoms with Crippen LogP contribution in [-0.2, 0) is 19.1 Å². The van der Waals surface area contributed by atoms with Crippen molar-refractivity contribution in [3.8, 4) is 11.3 Å². The minimum Gasteiger partial charge on any atom is -0.464 e. The van der Waals surface area contributed by atoms with Crippen molar-refractivity contribution in [1.29, 1.82) is 0 Å². The monoisotopic (exact) mass is 422 g/mol. The van der Waals surface area contributed by atoms with Crippen LogP contribution in [0.2, 0.25) is 0 Å². The molecule has 0 saturated heterocycles. The molecule has 2 heterocycles. The van der Waals surface area contributed by atoms with Crippen molar-refractivity contribution in [2.45, 2.75) is 6.92 Å². The average Bonchev–Trinajstić information content (AvgIpc) is 3.18. The lowest BCUT2D eigenvalue weighted by Gasteiger charge is -2.10. The number of aromatic nitrogens is 4. The molecule has 0 bridgehead atoms. The maximum absolute atomic E-state index is 12.8. The SMILES string of the molecule is C=C(NC(=O)C(=C)n1cnc2c(-c3ccc(NC(C)=O)cc3)n[nH]c2c1=O)C(=O)OC. The molecule has 2 amide bonds. The van der Waals surface area contributed by atoms with Crippen LogP contribution in [0.3, 0.4) is 0 Å². The Hall–Kier alpha value is -4.54. The minimum atomic E-state index is -0.829. The van der Waals surface area contributed by atoms with Gasteiger partial charge in [0.1, 0.15) is 28.9 Å². The number of methoxy groups -OCH3 is 1. The summed E-state index contributed by atoms with van der Waals surface area (Å²) < 4.78 is 5.37. The van der Waals surface area contributed by atoms with E-state index in [0.717, 1.165) is 18.0 Å². The molecule has 0 saturated carbocycles. The van der Waals surface area contributed by atoms with Gasteiger partial charge in [-0.1, -0.05) is 25.3 Å². The number of benzene rings is 1. The second-order valence-electron chi connectivity index (χ2n) is 6.35. The molecule has 3 rings (SSSR count). The second-order valence-corrected chi connectivity index (χ2v) is 6.35. The van der Waals surface area contributed by atoms with Crippen molar-refractivity contribution in [2.24, 2.45) is 0 Å². The zero-order valence-corrected chi connectivity index (χ0v) is 16.7. The van der Waals surface area contributed by atoms with Crippen molar-refractivity contribution < 1.29 is 19.1 Å². The van der Waals surface area contributed by atoms with Crippen LogP contribution in [0.5, 0.6) is 0 Å². The summed E-state index contributed by atoms with van der Waals surface area (Å²) >= 11 is 0. The normalized spacial score (nSPS) is 10.4. The van der Waals surface area contributed by atoms with E-state index < -0.39 is 17.4 Å². The largest absolute Gasteiger partial charge is 0.464 e. The summed E-state index contributed by atoms with van der Waals surface area (Å²) in [7, 11) is 1.14. The first-order valence-electron chi connectivity index (χ1n) is 8.84. The smallest absolute Gasteiger partial charge is 0.353 e. The topological polar surface area (TPSA) is 148 Å². The molecule has 3 N–H and O–H groups in total. The number of anilines is 1. The third-order valence-electron chi connectivity index (χ3n) is 4.20. The number of carbonyl (C=O) groups is 3. The second kappa shape index (κ2) is 8.45. The molecule has 0 spiro atoms. The number of nitrogens with zero attached hydrogens (tertiary/aromatic N) is 3. The Kier molecular flexibility index (Phi) is 5.77. The van der Waals surface area contributed by atoms with Gasteiger partial charge < -0.3 is 15.4 Å². The highest BCUT2D eigenvalue weighted by Crippen LogP contribution is 2.24. The summed E-state index contributed by atoms with van der Waals surface area (Å²) in [5, 5.41) is 11.6. The van der Waals surface area contributed by atoms with Gasteiger partial charge in [-0.2, -0.15) is 5.10 Å². The van der Waals surface area contributed by atoms with E-state index in [-0.39, 0.29) is 22.8 Å². The number of hydrogen-bond donors (Lipinski definition) is 3. The van der Waals surface area contributed by atoms with E-state index in [9.17, 15) is 19.2 Å². The third kappa shape index (κ3) is 4.24. The van der Waals surface area contributed by atoms with Crippen molar-refractivity contribution >= 4 is 40.2 Å². The number of hydrogen-bond acceptors (Lipinski definition) is 7. The highest BCUT2D eigenvalue weighted by molar-refractivity contribution is 6.15. The first-order chi connectivity index (χ1) is 14.7. The van der Waals surface area contributed by atoms with Crippen LogP contribution in [0.4, 0.5) is 5.69 Å². The third-order valence-corrected chi connectivity index (χ3v) is 4.20. The molecule has 2 aromatic heterocycles. The highest BCUT2D eigenvalue weighted by atomic mass is 16.5. The van der Waals surface area contributed by atoms with Gasteiger partial charge in [-0.15, -0.1) is 0 Å². The lowest BCUT2D eigenvalue weighted by atomic mass is 10.1. The highest BCUT2D eigenvalue weighted by Gasteiger charge is 2.19. The maximum Gasteiger partial charge on any atom is 0.353 e. The summed E-state index contributed by atoms with van der Waals surface area (Å²) in [6, 6.07) is 6.83. The molecule has 0 atom stereocenters. The molecule has 0 aliphatic carbocycles. The van der Waals surface area contributed by atoms with Crippen LogP contribution < -0.4 is 16.2 Å². The van der Waals surface area contributed by atoms with E-state index in [1.54, 1.807) is 24.3 Å². The van der Waals surface area contributed by atoms with E-state index in [1.165, 1.54) is 6.92 Å². The number of nitrogens with one attached hydrogen (secondary N) is 3. The molecule has 31 heavy (non-hydrogen) atoms. The van der Waals surface area contributed by atoms with E-state index >= 15 is 0 Å². The molecule has 0 fully saturated rings. The molecule has 1 aromatic carbocycles.